The minimum atomic E-state index is -1.53. The van der Waals surface area contributed by atoms with Crippen LogP contribution in [0.2, 0.25) is 0 Å². The molecular formula is C13H15F4N5O. The van der Waals surface area contributed by atoms with Gasteiger partial charge in [0.15, 0.2) is 28.9 Å². The van der Waals surface area contributed by atoms with E-state index in [9.17, 15) is 17.6 Å². The van der Waals surface area contributed by atoms with Crippen molar-refractivity contribution in [3.8, 4) is 0 Å². The zero-order chi connectivity index (χ0) is 17.5. The number of benzene rings is 1. The summed E-state index contributed by atoms with van der Waals surface area (Å²) in [6.45, 7) is 3.20. The third-order valence-electron chi connectivity index (χ3n) is 3.23. The van der Waals surface area contributed by atoms with E-state index in [4.69, 9.17) is 16.3 Å². The molecule has 0 aromatic heterocycles. The van der Waals surface area contributed by atoms with Gasteiger partial charge in [0.2, 0.25) is 11.9 Å². The highest BCUT2D eigenvalue weighted by Crippen LogP contribution is 2.26. The van der Waals surface area contributed by atoms with E-state index >= 15 is 0 Å². The Kier molecular flexibility index (Phi) is 4.20. The Hall–Kier alpha value is -2.36. The molecule has 0 atom stereocenters. The molecule has 10 heteroatoms. The number of halogens is 4. The summed E-state index contributed by atoms with van der Waals surface area (Å²) in [7, 11) is 0. The molecule has 0 bridgehead atoms. The van der Waals surface area contributed by atoms with Gasteiger partial charge in [-0.05, 0) is 20.8 Å². The summed E-state index contributed by atoms with van der Waals surface area (Å²) in [5, 5.41) is 0.942. The van der Waals surface area contributed by atoms with Crippen LogP contribution in [-0.4, -0.2) is 22.6 Å². The summed E-state index contributed by atoms with van der Waals surface area (Å²) in [4.78, 5) is 12.8. The maximum atomic E-state index is 13.8. The highest BCUT2D eigenvalue weighted by molar-refractivity contribution is 5.95. The lowest BCUT2D eigenvalue weighted by Crippen LogP contribution is -2.53. The standard InChI is InChI=1S/C13H15F4N5O/c1-5-7(14)9(16)6(10(17)8(5)15)4-23-22-12(19)20-11(18)21-13(22,2)3/h4H2,1-3H3,(H4,18,19,20,21). The van der Waals surface area contributed by atoms with E-state index in [0.717, 1.165) is 12.0 Å². The van der Waals surface area contributed by atoms with Crippen molar-refractivity contribution in [3.63, 3.8) is 0 Å². The molecule has 0 radical (unpaired) electrons. The highest BCUT2D eigenvalue weighted by Gasteiger charge is 2.34. The molecule has 2 rings (SSSR count). The minimum absolute atomic E-state index is 0.0999. The van der Waals surface area contributed by atoms with E-state index < -0.39 is 46.7 Å². The average molecular weight is 333 g/mol. The summed E-state index contributed by atoms with van der Waals surface area (Å²) in [6, 6.07) is 0. The number of rotatable bonds is 3. The van der Waals surface area contributed by atoms with Crippen molar-refractivity contribution in [1.82, 2.24) is 5.06 Å². The number of hydrogen-bond donors (Lipinski definition) is 2. The Bertz CT molecular complexity index is 688. The second-order valence-corrected chi connectivity index (χ2v) is 5.36. The van der Waals surface area contributed by atoms with Crippen molar-refractivity contribution in [2.45, 2.75) is 33.0 Å². The molecule has 126 valence electrons. The van der Waals surface area contributed by atoms with Gasteiger partial charge >= 0.3 is 0 Å². The fourth-order valence-corrected chi connectivity index (χ4v) is 2.06. The molecular weight excluding hydrogens is 318 g/mol. The fraction of sp³-hybridized carbons (Fsp3) is 0.385. The van der Waals surface area contributed by atoms with Gasteiger partial charge in [0, 0.05) is 5.56 Å². The largest absolute Gasteiger partial charge is 0.368 e. The van der Waals surface area contributed by atoms with Gasteiger partial charge in [-0.15, -0.1) is 0 Å². The van der Waals surface area contributed by atoms with Gasteiger partial charge in [-0.25, -0.2) is 22.6 Å². The predicted molar refractivity (Wildman–Crippen MR) is 75.0 cm³/mol. The van der Waals surface area contributed by atoms with Crippen LogP contribution in [0.1, 0.15) is 25.0 Å². The van der Waals surface area contributed by atoms with E-state index in [2.05, 4.69) is 9.98 Å². The first-order valence-corrected chi connectivity index (χ1v) is 6.50. The van der Waals surface area contributed by atoms with Crippen LogP contribution in [0, 0.1) is 30.2 Å². The lowest BCUT2D eigenvalue weighted by molar-refractivity contribution is -0.168. The topological polar surface area (TPSA) is 89.2 Å². The quantitative estimate of drug-likeness (QED) is 0.650. The molecule has 0 spiro atoms. The van der Waals surface area contributed by atoms with Crippen LogP contribution in [0.15, 0.2) is 9.98 Å². The summed E-state index contributed by atoms with van der Waals surface area (Å²) in [5.41, 5.74) is 8.30. The van der Waals surface area contributed by atoms with E-state index in [1.807, 2.05) is 0 Å². The van der Waals surface area contributed by atoms with Crippen LogP contribution in [0.25, 0.3) is 0 Å². The van der Waals surface area contributed by atoms with Crippen molar-refractivity contribution in [3.05, 3.63) is 34.4 Å². The van der Waals surface area contributed by atoms with E-state index in [-0.39, 0.29) is 11.9 Å². The van der Waals surface area contributed by atoms with Crippen molar-refractivity contribution < 1.29 is 22.4 Å². The first-order valence-electron chi connectivity index (χ1n) is 6.50. The lowest BCUT2D eigenvalue weighted by atomic mass is 10.1. The third kappa shape index (κ3) is 2.93. The van der Waals surface area contributed by atoms with Crippen LogP contribution >= 0.6 is 0 Å². The van der Waals surface area contributed by atoms with Gasteiger partial charge in [-0.1, -0.05) is 0 Å². The summed E-state index contributed by atoms with van der Waals surface area (Å²) >= 11 is 0. The Labute approximate surface area is 129 Å². The summed E-state index contributed by atoms with van der Waals surface area (Å²) < 4.78 is 54.7. The van der Waals surface area contributed by atoms with Crippen molar-refractivity contribution >= 4 is 11.9 Å². The third-order valence-corrected chi connectivity index (χ3v) is 3.23. The van der Waals surface area contributed by atoms with Crippen molar-refractivity contribution in [2.75, 3.05) is 0 Å². The Balaban J connectivity index is 2.31. The first-order chi connectivity index (χ1) is 10.6. The molecule has 1 aromatic carbocycles. The molecule has 0 aliphatic carbocycles. The Morgan fingerprint density at radius 1 is 1.04 bits per heavy atom. The van der Waals surface area contributed by atoms with Gasteiger partial charge in [-0.3, -0.25) is 4.84 Å². The second kappa shape index (κ2) is 5.69. The molecule has 1 heterocycles. The highest BCUT2D eigenvalue weighted by atomic mass is 19.2. The first kappa shape index (κ1) is 17.0. The van der Waals surface area contributed by atoms with Crippen LogP contribution in [-0.2, 0) is 11.4 Å². The van der Waals surface area contributed by atoms with E-state index in [0.29, 0.717) is 0 Å². The van der Waals surface area contributed by atoms with Crippen molar-refractivity contribution in [2.24, 2.45) is 21.5 Å². The number of hydrogen-bond acceptors (Lipinski definition) is 6. The molecule has 0 unspecified atom stereocenters. The number of guanidine groups is 2. The number of nitrogens with two attached hydrogens (primary N) is 2. The Morgan fingerprint density at radius 3 is 2.04 bits per heavy atom. The normalized spacial score (nSPS) is 17.1. The fourth-order valence-electron chi connectivity index (χ4n) is 2.06. The molecule has 4 N–H and O–H groups in total. The van der Waals surface area contributed by atoms with Gasteiger partial charge in [-0.2, -0.15) is 10.1 Å². The maximum absolute atomic E-state index is 13.8. The van der Waals surface area contributed by atoms with E-state index in [1.165, 1.54) is 0 Å². The van der Waals surface area contributed by atoms with Crippen LogP contribution in [0.4, 0.5) is 17.6 Å². The molecule has 6 nitrogen and oxygen atoms in total. The SMILES string of the molecule is Cc1c(F)c(F)c(CON2C(N)=NC(N)=NC2(C)C)c(F)c1F. The lowest BCUT2D eigenvalue weighted by Gasteiger charge is -2.36. The van der Waals surface area contributed by atoms with Crippen LogP contribution in [0.5, 0.6) is 0 Å². The molecule has 0 saturated carbocycles. The average Bonchev–Trinajstić information content (AvgIpc) is 2.44. The van der Waals surface area contributed by atoms with Crippen LogP contribution < -0.4 is 11.5 Å². The number of aliphatic imine (C=N–C) groups is 2. The van der Waals surface area contributed by atoms with E-state index in [1.54, 1.807) is 13.8 Å². The molecule has 1 aliphatic rings. The Morgan fingerprint density at radius 2 is 1.57 bits per heavy atom. The van der Waals surface area contributed by atoms with Crippen molar-refractivity contribution in [1.29, 1.82) is 0 Å². The zero-order valence-electron chi connectivity index (χ0n) is 12.6. The molecule has 0 saturated heterocycles. The summed E-state index contributed by atoms with van der Waals surface area (Å²) in [6.07, 6.45) is 0. The predicted octanol–water partition coefficient (Wildman–Crippen LogP) is 1.66. The van der Waals surface area contributed by atoms with Crippen LogP contribution in [0.3, 0.4) is 0 Å². The zero-order valence-corrected chi connectivity index (χ0v) is 12.6. The smallest absolute Gasteiger partial charge is 0.226 e. The monoisotopic (exact) mass is 333 g/mol. The van der Waals surface area contributed by atoms with Gasteiger partial charge < -0.3 is 11.5 Å². The van der Waals surface area contributed by atoms with Gasteiger partial charge in [0.05, 0.1) is 5.56 Å². The molecule has 1 aliphatic heterocycles. The molecule has 0 fully saturated rings. The molecule has 1 aromatic rings. The number of hydroxylamine groups is 2. The maximum Gasteiger partial charge on any atom is 0.226 e. The molecule has 0 amide bonds. The minimum Gasteiger partial charge on any atom is -0.368 e. The molecule has 23 heavy (non-hydrogen) atoms. The summed E-state index contributed by atoms with van der Waals surface area (Å²) in [5.74, 6) is -6.34. The number of nitrogens with zero attached hydrogens (tertiary/aromatic N) is 3. The second-order valence-electron chi connectivity index (χ2n) is 5.36. The van der Waals surface area contributed by atoms with Gasteiger partial charge in [0.25, 0.3) is 0 Å². The van der Waals surface area contributed by atoms with Gasteiger partial charge in [0.1, 0.15) is 6.61 Å².